The summed E-state index contributed by atoms with van der Waals surface area (Å²) < 4.78 is 42.9. The molecule has 10 heteroatoms. The molecule has 0 aromatic heterocycles. The molecule has 5 unspecified atom stereocenters. The van der Waals surface area contributed by atoms with E-state index in [4.69, 9.17) is 0 Å². The predicted octanol–water partition coefficient (Wildman–Crippen LogP) is 9.83. The van der Waals surface area contributed by atoms with E-state index in [-0.39, 0.29) is 36.6 Å². The molecule has 4 aromatic carbocycles. The molecule has 3 N–H and O–H groups in total. The summed E-state index contributed by atoms with van der Waals surface area (Å²) in [5.41, 5.74) is 3.11. The highest BCUT2D eigenvalue weighted by molar-refractivity contribution is 6.10. The van der Waals surface area contributed by atoms with Gasteiger partial charge in [-0.1, -0.05) is 104 Å². The maximum Gasteiger partial charge on any atom is 0.573 e. The summed E-state index contributed by atoms with van der Waals surface area (Å²) in [6.45, 7) is 5.92. The average Bonchev–Trinajstić information content (AvgIpc) is 3.42. The molecule has 4 aromatic rings. The monoisotopic (exact) mass is 768 g/mol. The number of ether oxygens (including phenoxy) is 1. The van der Waals surface area contributed by atoms with Crippen molar-refractivity contribution >= 4 is 11.8 Å². The number of aliphatic hydroxyl groups is 2. The average molecular weight is 769 g/mol. The van der Waals surface area contributed by atoms with Crippen molar-refractivity contribution in [2.24, 2.45) is 5.41 Å². The zero-order chi connectivity index (χ0) is 40.1. The molecule has 7 rings (SSSR count). The van der Waals surface area contributed by atoms with Gasteiger partial charge in [0.15, 0.2) is 5.78 Å². The van der Waals surface area contributed by atoms with Gasteiger partial charge in [0.05, 0.1) is 24.3 Å². The van der Waals surface area contributed by atoms with Crippen LogP contribution in [0.25, 0.3) is 0 Å². The highest BCUT2D eigenvalue weighted by Gasteiger charge is 2.57. The van der Waals surface area contributed by atoms with Crippen molar-refractivity contribution in [1.82, 2.24) is 10.2 Å². The molecule has 296 valence electrons. The van der Waals surface area contributed by atoms with E-state index in [0.29, 0.717) is 61.6 Å². The summed E-state index contributed by atoms with van der Waals surface area (Å²) in [5, 5.41) is 27.1. The Labute approximate surface area is 327 Å². The first-order valence-electron chi connectivity index (χ1n) is 19.4. The lowest BCUT2D eigenvalue weighted by Gasteiger charge is -2.46. The number of urea groups is 1. The topological polar surface area (TPSA) is 99.1 Å². The largest absolute Gasteiger partial charge is 0.573 e. The van der Waals surface area contributed by atoms with Gasteiger partial charge in [-0.2, -0.15) is 0 Å². The highest BCUT2D eigenvalue weighted by Crippen LogP contribution is 2.59. The SMILES string of the molecule is CC1=CCCC2(C)C(CCC2(O)CN(Cc2ccc(OC(F)(F)F)cc2)C(=O)NC(C)c2ccccc2)c2ccc(cc2C(=O)c2ccccc2)CC(O)CC1. The number of carbonyl (C=O) groups excluding carboxylic acids is 2. The van der Waals surface area contributed by atoms with Gasteiger partial charge < -0.3 is 25.2 Å². The molecule has 1 fully saturated rings. The van der Waals surface area contributed by atoms with Crippen molar-refractivity contribution in [1.29, 1.82) is 0 Å². The Morgan fingerprint density at radius 1 is 0.946 bits per heavy atom. The third kappa shape index (κ3) is 9.53. The number of aliphatic hydroxyl groups excluding tert-OH is 1. The second kappa shape index (κ2) is 17.1. The van der Waals surface area contributed by atoms with Gasteiger partial charge in [0.2, 0.25) is 0 Å². The fourth-order valence-corrected chi connectivity index (χ4v) is 8.58. The quantitative estimate of drug-likeness (QED) is 0.116. The first-order chi connectivity index (χ1) is 26.6. The van der Waals surface area contributed by atoms with E-state index in [1.807, 2.05) is 73.7 Å². The third-order valence-electron chi connectivity index (χ3n) is 11.9. The first kappa shape index (κ1) is 40.7. The van der Waals surface area contributed by atoms with Crippen molar-refractivity contribution < 1.29 is 37.7 Å². The van der Waals surface area contributed by atoms with Crippen molar-refractivity contribution in [2.75, 3.05) is 6.54 Å². The second-order valence-electron chi connectivity index (χ2n) is 15.8. The van der Waals surface area contributed by atoms with Gasteiger partial charge in [0, 0.05) is 23.1 Å². The van der Waals surface area contributed by atoms with Crippen LogP contribution in [-0.2, 0) is 13.0 Å². The van der Waals surface area contributed by atoms with E-state index in [1.54, 1.807) is 17.0 Å². The number of carbonyl (C=O) groups is 2. The zero-order valence-corrected chi connectivity index (χ0v) is 32.2. The van der Waals surface area contributed by atoms with Gasteiger partial charge in [-0.05, 0) is 105 Å². The lowest BCUT2D eigenvalue weighted by molar-refractivity contribution is -0.274. The number of alkyl halides is 3. The number of halogens is 3. The number of fused-ring (bicyclic) bond motifs is 8. The molecule has 1 saturated carbocycles. The maximum absolute atomic E-state index is 14.3. The van der Waals surface area contributed by atoms with Gasteiger partial charge in [0.1, 0.15) is 5.75 Å². The summed E-state index contributed by atoms with van der Waals surface area (Å²) in [4.78, 5) is 30.1. The number of nitrogens with zero attached hydrogens (tertiary/aromatic N) is 1. The number of hydrogen-bond acceptors (Lipinski definition) is 5. The molecular weight excluding hydrogens is 718 g/mol. The molecule has 7 nitrogen and oxygen atoms in total. The Kier molecular flexibility index (Phi) is 12.4. The molecule has 0 spiro atoms. The van der Waals surface area contributed by atoms with Gasteiger partial charge in [0.25, 0.3) is 0 Å². The van der Waals surface area contributed by atoms with Crippen LogP contribution in [0.15, 0.2) is 115 Å². The number of amides is 2. The molecule has 56 heavy (non-hydrogen) atoms. The Balaban J connectivity index is 1.39. The summed E-state index contributed by atoms with van der Waals surface area (Å²) in [5.74, 6) is -0.770. The van der Waals surface area contributed by atoms with Crippen LogP contribution in [0, 0.1) is 5.41 Å². The predicted molar refractivity (Wildman–Crippen MR) is 210 cm³/mol. The van der Waals surface area contributed by atoms with Gasteiger partial charge in [-0.25, -0.2) is 4.79 Å². The van der Waals surface area contributed by atoms with Gasteiger partial charge >= 0.3 is 12.4 Å². The number of rotatable bonds is 9. The van der Waals surface area contributed by atoms with E-state index in [9.17, 15) is 33.0 Å². The smallest absolute Gasteiger partial charge is 0.406 e. The molecule has 3 aliphatic rings. The number of hydrogen-bond donors (Lipinski definition) is 3. The molecule has 0 aliphatic heterocycles. The van der Waals surface area contributed by atoms with Crippen LogP contribution in [-0.4, -0.2) is 51.5 Å². The maximum atomic E-state index is 14.3. The molecule has 2 amide bonds. The van der Waals surface area contributed by atoms with Gasteiger partial charge in [-0.3, -0.25) is 4.79 Å². The van der Waals surface area contributed by atoms with Crippen molar-refractivity contribution in [3.63, 3.8) is 0 Å². The fourth-order valence-electron chi connectivity index (χ4n) is 8.58. The third-order valence-corrected chi connectivity index (χ3v) is 11.9. The standard InChI is InChI=1S/C46H51F3N2O5/c1-31-11-10-25-44(3)41(39-23-19-34(27-37(52)20-16-31)28-40(39)42(53)36-14-8-5-9-15-36)24-26-45(44,55)30-51(43(54)50-32(2)35-12-6-4-7-13-35)29-33-17-21-38(22-18-33)56-46(47,48)49/h4-9,11-15,17-19,21-23,28,32,37,41,52,55H,10,16,20,24-27,29-30H2,1-3H3,(H,50,54). The summed E-state index contributed by atoms with van der Waals surface area (Å²) >= 11 is 0. The van der Waals surface area contributed by atoms with Crippen LogP contribution in [0.3, 0.4) is 0 Å². The normalized spacial score (nSPS) is 23.3. The van der Waals surface area contributed by atoms with E-state index in [0.717, 1.165) is 22.3 Å². The van der Waals surface area contributed by atoms with Crippen molar-refractivity contribution in [2.45, 2.75) is 102 Å². The Morgan fingerprint density at radius 3 is 2.30 bits per heavy atom. The minimum Gasteiger partial charge on any atom is -0.406 e. The van der Waals surface area contributed by atoms with E-state index < -0.39 is 29.5 Å². The van der Waals surface area contributed by atoms with Crippen LogP contribution in [0.4, 0.5) is 18.0 Å². The molecule has 5 atom stereocenters. The minimum atomic E-state index is -4.84. The molecule has 3 aliphatic carbocycles. The summed E-state index contributed by atoms with van der Waals surface area (Å²) in [6, 6.07) is 29.0. The molecule has 2 bridgehead atoms. The summed E-state index contributed by atoms with van der Waals surface area (Å²) in [6.07, 6.45) is 0.513. The minimum absolute atomic E-state index is 0.0104. The second-order valence-corrected chi connectivity index (χ2v) is 15.8. The number of ketones is 1. The van der Waals surface area contributed by atoms with E-state index in [2.05, 4.69) is 30.0 Å². The Morgan fingerprint density at radius 2 is 1.62 bits per heavy atom. The Hall–Kier alpha value is -4.93. The number of allylic oxidation sites excluding steroid dienone is 2. The van der Waals surface area contributed by atoms with Crippen LogP contribution in [0.2, 0.25) is 0 Å². The van der Waals surface area contributed by atoms with Crippen LogP contribution >= 0.6 is 0 Å². The highest BCUT2D eigenvalue weighted by atomic mass is 19.4. The fraction of sp³-hybridized carbons (Fsp3) is 0.391. The van der Waals surface area contributed by atoms with Crippen LogP contribution < -0.4 is 10.1 Å². The lowest BCUT2D eigenvalue weighted by atomic mass is 9.64. The molecule has 0 saturated heterocycles. The van der Waals surface area contributed by atoms with Gasteiger partial charge in [-0.15, -0.1) is 13.2 Å². The van der Waals surface area contributed by atoms with Crippen molar-refractivity contribution in [3.05, 3.63) is 148 Å². The number of nitrogens with one attached hydrogen (secondary N) is 1. The Bertz CT molecular complexity index is 2000. The first-order valence-corrected chi connectivity index (χ1v) is 19.4. The van der Waals surface area contributed by atoms with E-state index in [1.165, 1.54) is 24.3 Å². The molecular formula is C46H51F3N2O5. The van der Waals surface area contributed by atoms with Crippen LogP contribution in [0.1, 0.15) is 109 Å². The van der Waals surface area contributed by atoms with Crippen molar-refractivity contribution in [3.8, 4) is 5.75 Å². The molecule has 0 heterocycles. The van der Waals surface area contributed by atoms with E-state index >= 15 is 0 Å². The van der Waals surface area contributed by atoms with Crippen LogP contribution in [0.5, 0.6) is 5.75 Å². The lowest BCUT2D eigenvalue weighted by Crippen LogP contribution is -2.55. The zero-order valence-electron chi connectivity index (χ0n) is 32.2. The molecule has 0 radical (unpaired) electrons. The number of benzene rings is 4. The summed E-state index contributed by atoms with van der Waals surface area (Å²) in [7, 11) is 0.